The minimum Gasteiger partial charge on any atom is -0.497 e. The number of hydrogen-bond donors (Lipinski definition) is 1. The molecule has 0 aliphatic rings. The topological polar surface area (TPSA) is 105 Å². The predicted molar refractivity (Wildman–Crippen MR) is 141 cm³/mol. The summed E-state index contributed by atoms with van der Waals surface area (Å²) >= 11 is 6.12. The zero-order valence-electron chi connectivity index (χ0n) is 21.4. The number of anilines is 1. The Kier molecular flexibility index (Phi) is 10.4. The van der Waals surface area contributed by atoms with Crippen LogP contribution in [0.15, 0.2) is 42.5 Å². The molecule has 0 saturated heterocycles. The van der Waals surface area contributed by atoms with Crippen molar-refractivity contribution >= 4 is 39.1 Å². The predicted octanol–water partition coefficient (Wildman–Crippen LogP) is 3.46. The Morgan fingerprint density at radius 3 is 2.36 bits per heavy atom. The molecular weight excluding hydrogens is 506 g/mol. The molecule has 1 N–H and O–H groups in total. The van der Waals surface area contributed by atoms with E-state index in [1.165, 1.54) is 31.3 Å². The number of nitrogens with one attached hydrogen (secondary N) is 1. The molecule has 0 aliphatic carbocycles. The molecule has 0 heterocycles. The second kappa shape index (κ2) is 12.8. The third kappa shape index (κ3) is 7.76. The van der Waals surface area contributed by atoms with Crippen molar-refractivity contribution in [1.82, 2.24) is 10.2 Å². The second-order valence-electron chi connectivity index (χ2n) is 8.45. The zero-order chi connectivity index (χ0) is 27.0. The van der Waals surface area contributed by atoms with E-state index >= 15 is 0 Å². The highest BCUT2D eigenvalue weighted by Gasteiger charge is 2.31. The maximum Gasteiger partial charge on any atom is 0.244 e. The maximum absolute atomic E-state index is 13.7. The molecule has 36 heavy (non-hydrogen) atoms. The van der Waals surface area contributed by atoms with Crippen molar-refractivity contribution < 1.29 is 27.5 Å². The molecule has 198 valence electrons. The molecular formula is C25H34ClN3O6S. The van der Waals surface area contributed by atoms with Gasteiger partial charge in [-0.2, -0.15) is 0 Å². The summed E-state index contributed by atoms with van der Waals surface area (Å²) in [6, 6.07) is 10.6. The average molecular weight is 540 g/mol. The van der Waals surface area contributed by atoms with Gasteiger partial charge in [-0.05, 0) is 56.2 Å². The molecule has 0 spiro atoms. The van der Waals surface area contributed by atoms with Gasteiger partial charge in [-0.1, -0.05) is 30.7 Å². The molecule has 2 aromatic rings. The largest absolute Gasteiger partial charge is 0.497 e. The van der Waals surface area contributed by atoms with Crippen molar-refractivity contribution in [2.24, 2.45) is 0 Å². The quantitative estimate of drug-likeness (QED) is 0.443. The van der Waals surface area contributed by atoms with Crippen LogP contribution in [0.1, 0.15) is 32.8 Å². The normalized spacial score (nSPS) is 12.9. The number of carbonyl (C=O) groups excluding carboxylic acids is 2. The van der Waals surface area contributed by atoms with Gasteiger partial charge in [-0.25, -0.2) is 8.42 Å². The molecule has 0 radical (unpaired) electrons. The van der Waals surface area contributed by atoms with Gasteiger partial charge in [0.1, 0.15) is 24.1 Å². The number of rotatable bonds is 12. The Hall–Kier alpha value is -2.98. The summed E-state index contributed by atoms with van der Waals surface area (Å²) < 4.78 is 37.0. The first-order valence-corrected chi connectivity index (χ1v) is 13.7. The van der Waals surface area contributed by atoms with E-state index in [-0.39, 0.29) is 35.0 Å². The van der Waals surface area contributed by atoms with Gasteiger partial charge in [0.15, 0.2) is 0 Å². The number of halogens is 1. The Labute approximate surface area is 218 Å². The van der Waals surface area contributed by atoms with E-state index in [0.717, 1.165) is 22.5 Å². The van der Waals surface area contributed by atoms with Gasteiger partial charge >= 0.3 is 0 Å². The highest BCUT2D eigenvalue weighted by Crippen LogP contribution is 2.33. The standard InChI is InChI=1S/C25H34ClN3O6S/c1-7-17(2)27-25(31)18(3)28(15-19-9-8-10-21(13-19)34-4)24(30)16-29(36(6,32)33)22-14-20(26)11-12-23(22)35-5/h8-14,17-18H,7,15-16H2,1-6H3,(H,27,31)/t17-,18-/m0/s1. The number of ether oxygens (including phenoxy) is 2. The summed E-state index contributed by atoms with van der Waals surface area (Å²) in [5.41, 5.74) is 0.844. The number of methoxy groups -OCH3 is 2. The van der Waals surface area contributed by atoms with E-state index in [2.05, 4.69) is 5.32 Å². The van der Waals surface area contributed by atoms with Crippen LogP contribution in [0.4, 0.5) is 5.69 Å². The molecule has 9 nitrogen and oxygen atoms in total. The fraction of sp³-hybridized carbons (Fsp3) is 0.440. The number of benzene rings is 2. The lowest BCUT2D eigenvalue weighted by atomic mass is 10.1. The highest BCUT2D eigenvalue weighted by atomic mass is 35.5. The van der Waals surface area contributed by atoms with Gasteiger partial charge in [0.25, 0.3) is 0 Å². The third-order valence-electron chi connectivity index (χ3n) is 5.74. The van der Waals surface area contributed by atoms with Crippen molar-refractivity contribution in [2.75, 3.05) is 31.3 Å². The van der Waals surface area contributed by atoms with Crippen LogP contribution in [-0.4, -0.2) is 64.2 Å². The first-order chi connectivity index (χ1) is 16.9. The van der Waals surface area contributed by atoms with Crippen molar-refractivity contribution in [3.05, 3.63) is 53.1 Å². The van der Waals surface area contributed by atoms with E-state index in [4.69, 9.17) is 21.1 Å². The van der Waals surface area contributed by atoms with Crippen molar-refractivity contribution in [3.8, 4) is 11.5 Å². The molecule has 0 bridgehead atoms. The Morgan fingerprint density at radius 1 is 1.08 bits per heavy atom. The molecule has 2 amide bonds. The fourth-order valence-electron chi connectivity index (χ4n) is 3.47. The van der Waals surface area contributed by atoms with Crippen molar-refractivity contribution in [2.45, 2.75) is 45.8 Å². The summed E-state index contributed by atoms with van der Waals surface area (Å²) in [6.07, 6.45) is 1.71. The Morgan fingerprint density at radius 2 is 1.78 bits per heavy atom. The van der Waals surface area contributed by atoms with Crippen LogP contribution in [0, 0.1) is 0 Å². The lowest BCUT2D eigenvalue weighted by molar-refractivity contribution is -0.139. The van der Waals surface area contributed by atoms with E-state index in [9.17, 15) is 18.0 Å². The summed E-state index contributed by atoms with van der Waals surface area (Å²) in [5.74, 6) is -0.0820. The Balaban J connectivity index is 2.47. The number of sulfonamides is 1. The van der Waals surface area contributed by atoms with Crippen LogP contribution in [0.5, 0.6) is 11.5 Å². The summed E-state index contributed by atoms with van der Waals surface area (Å²) in [4.78, 5) is 28.0. The van der Waals surface area contributed by atoms with Gasteiger partial charge in [0.2, 0.25) is 21.8 Å². The lowest BCUT2D eigenvalue weighted by Crippen LogP contribution is -2.52. The van der Waals surface area contributed by atoms with Gasteiger partial charge in [-0.15, -0.1) is 0 Å². The molecule has 0 saturated carbocycles. The highest BCUT2D eigenvalue weighted by molar-refractivity contribution is 7.92. The molecule has 11 heteroatoms. The summed E-state index contributed by atoms with van der Waals surface area (Å²) in [7, 11) is -0.993. The maximum atomic E-state index is 13.7. The van der Waals surface area contributed by atoms with Crippen LogP contribution in [-0.2, 0) is 26.2 Å². The molecule has 0 fully saturated rings. The van der Waals surface area contributed by atoms with Crippen molar-refractivity contribution in [3.63, 3.8) is 0 Å². The van der Waals surface area contributed by atoms with Gasteiger partial charge in [0, 0.05) is 17.6 Å². The number of carbonyl (C=O) groups is 2. The summed E-state index contributed by atoms with van der Waals surface area (Å²) in [5, 5.41) is 3.17. The van der Waals surface area contributed by atoms with E-state index in [1.54, 1.807) is 37.3 Å². The second-order valence-corrected chi connectivity index (χ2v) is 10.8. The first-order valence-electron chi connectivity index (χ1n) is 11.4. The third-order valence-corrected chi connectivity index (χ3v) is 7.11. The minimum atomic E-state index is -3.92. The number of amides is 2. The summed E-state index contributed by atoms with van der Waals surface area (Å²) in [6.45, 7) is 4.93. The van der Waals surface area contributed by atoms with Crippen LogP contribution >= 0.6 is 11.6 Å². The molecule has 2 atom stereocenters. The minimum absolute atomic E-state index is 0.0649. The van der Waals surface area contributed by atoms with Crippen LogP contribution in [0.25, 0.3) is 0 Å². The average Bonchev–Trinajstić information content (AvgIpc) is 2.84. The van der Waals surface area contributed by atoms with E-state index < -0.39 is 28.5 Å². The van der Waals surface area contributed by atoms with Crippen molar-refractivity contribution in [1.29, 1.82) is 0 Å². The molecule has 0 unspecified atom stereocenters. The van der Waals surface area contributed by atoms with Crippen LogP contribution < -0.4 is 19.1 Å². The monoisotopic (exact) mass is 539 g/mol. The van der Waals surface area contributed by atoms with Gasteiger partial charge < -0.3 is 19.7 Å². The molecule has 0 aliphatic heterocycles. The smallest absolute Gasteiger partial charge is 0.244 e. The lowest BCUT2D eigenvalue weighted by Gasteiger charge is -2.32. The Bertz CT molecular complexity index is 1170. The number of hydrogen-bond acceptors (Lipinski definition) is 6. The molecule has 0 aromatic heterocycles. The SMILES string of the molecule is CC[C@H](C)NC(=O)[C@H](C)N(Cc1cccc(OC)c1)C(=O)CN(c1cc(Cl)ccc1OC)S(C)(=O)=O. The van der Waals surface area contributed by atoms with E-state index in [1.807, 2.05) is 13.8 Å². The molecule has 2 rings (SSSR count). The fourth-order valence-corrected chi connectivity index (χ4v) is 4.48. The van der Waals surface area contributed by atoms with Gasteiger partial charge in [-0.3, -0.25) is 13.9 Å². The zero-order valence-corrected chi connectivity index (χ0v) is 23.0. The van der Waals surface area contributed by atoms with Gasteiger partial charge in [0.05, 0.1) is 26.2 Å². The van der Waals surface area contributed by atoms with E-state index in [0.29, 0.717) is 5.75 Å². The van der Waals surface area contributed by atoms with Crippen LogP contribution in [0.3, 0.4) is 0 Å². The molecule has 2 aromatic carbocycles. The number of nitrogens with zero attached hydrogens (tertiary/aromatic N) is 2. The van der Waals surface area contributed by atoms with Crippen LogP contribution in [0.2, 0.25) is 5.02 Å². The first kappa shape index (κ1) is 29.3.